The van der Waals surface area contributed by atoms with Crippen LogP contribution < -0.4 is 10.5 Å². The molecule has 0 aromatic heterocycles. The number of rotatable bonds is 7. The molecule has 19 heavy (non-hydrogen) atoms. The Morgan fingerprint density at radius 3 is 2.47 bits per heavy atom. The molecule has 0 radical (unpaired) electrons. The van der Waals surface area contributed by atoms with Crippen molar-refractivity contribution in [2.75, 3.05) is 18.9 Å². The summed E-state index contributed by atoms with van der Waals surface area (Å²) in [4.78, 5) is 0.108. The zero-order valence-electron chi connectivity index (χ0n) is 11.6. The third-order valence-electron chi connectivity index (χ3n) is 2.82. The molecular weight excluding hydrogens is 264 g/mol. The molecule has 1 unspecified atom stereocenters. The fourth-order valence-electron chi connectivity index (χ4n) is 1.60. The van der Waals surface area contributed by atoms with Gasteiger partial charge in [-0.15, -0.1) is 0 Å². The van der Waals surface area contributed by atoms with Crippen LogP contribution in [-0.2, 0) is 14.8 Å². The number of anilines is 1. The van der Waals surface area contributed by atoms with Crippen molar-refractivity contribution in [2.45, 2.75) is 31.7 Å². The average Bonchev–Trinajstić information content (AvgIpc) is 2.34. The maximum Gasteiger partial charge on any atom is 0.242 e. The van der Waals surface area contributed by atoms with Gasteiger partial charge in [-0.05, 0) is 25.0 Å². The highest BCUT2D eigenvalue weighted by molar-refractivity contribution is 7.89. The van der Waals surface area contributed by atoms with Crippen molar-refractivity contribution in [1.29, 1.82) is 0 Å². The molecular formula is C13H22N2O3S. The minimum Gasteiger partial charge on any atom is -0.398 e. The smallest absolute Gasteiger partial charge is 0.242 e. The Kier molecular flexibility index (Phi) is 5.78. The van der Waals surface area contributed by atoms with Gasteiger partial charge in [-0.1, -0.05) is 26.0 Å². The molecule has 0 bridgehead atoms. The summed E-state index contributed by atoms with van der Waals surface area (Å²) in [6.07, 6.45) is 0. The van der Waals surface area contributed by atoms with E-state index in [0.29, 0.717) is 13.2 Å². The van der Waals surface area contributed by atoms with E-state index in [-0.39, 0.29) is 22.5 Å². The van der Waals surface area contributed by atoms with Crippen LogP contribution in [0.25, 0.3) is 0 Å². The van der Waals surface area contributed by atoms with Crippen molar-refractivity contribution < 1.29 is 13.2 Å². The molecule has 0 spiro atoms. The molecule has 0 aliphatic carbocycles. The molecule has 1 rings (SSSR count). The fourth-order valence-corrected chi connectivity index (χ4v) is 3.10. The molecule has 3 N–H and O–H groups in total. The fraction of sp³-hybridized carbons (Fsp3) is 0.538. The standard InChI is InChI=1S/C13H22N2O3S/c1-4-18-9-12(10(2)3)15-19(16,17)13-8-6-5-7-11(13)14/h5-8,10,12,15H,4,9,14H2,1-3H3. The second-order valence-corrected chi connectivity index (χ2v) is 6.35. The second kappa shape index (κ2) is 6.88. The summed E-state index contributed by atoms with van der Waals surface area (Å²) in [7, 11) is -3.62. The second-order valence-electron chi connectivity index (χ2n) is 4.67. The number of nitrogens with one attached hydrogen (secondary N) is 1. The molecule has 1 aromatic rings. The number of para-hydroxylation sites is 1. The molecule has 0 amide bonds. The lowest BCUT2D eigenvalue weighted by Gasteiger charge is -2.22. The molecule has 1 atom stereocenters. The number of nitrogen functional groups attached to an aromatic ring is 1. The molecule has 0 heterocycles. The summed E-state index contributed by atoms with van der Waals surface area (Å²) < 4.78 is 32.5. The molecule has 6 heteroatoms. The van der Waals surface area contributed by atoms with E-state index in [1.54, 1.807) is 18.2 Å². The van der Waals surface area contributed by atoms with Crippen molar-refractivity contribution >= 4 is 15.7 Å². The van der Waals surface area contributed by atoms with Gasteiger partial charge in [-0.25, -0.2) is 13.1 Å². The normalized spacial score (nSPS) is 13.7. The lowest BCUT2D eigenvalue weighted by Crippen LogP contribution is -2.42. The van der Waals surface area contributed by atoms with Crippen molar-refractivity contribution in [3.05, 3.63) is 24.3 Å². The van der Waals surface area contributed by atoms with Gasteiger partial charge < -0.3 is 10.5 Å². The van der Waals surface area contributed by atoms with Crippen molar-refractivity contribution in [1.82, 2.24) is 4.72 Å². The molecule has 1 aromatic carbocycles. The van der Waals surface area contributed by atoms with E-state index in [0.717, 1.165) is 0 Å². The van der Waals surface area contributed by atoms with Gasteiger partial charge in [-0.3, -0.25) is 0 Å². The van der Waals surface area contributed by atoms with Gasteiger partial charge >= 0.3 is 0 Å². The Morgan fingerprint density at radius 2 is 1.95 bits per heavy atom. The number of nitrogens with two attached hydrogens (primary N) is 1. The summed E-state index contributed by atoms with van der Waals surface area (Å²) in [6.45, 7) is 6.67. The van der Waals surface area contributed by atoms with Gasteiger partial charge in [0, 0.05) is 12.6 Å². The lowest BCUT2D eigenvalue weighted by atomic mass is 10.1. The average molecular weight is 286 g/mol. The van der Waals surface area contributed by atoms with Crippen LogP contribution >= 0.6 is 0 Å². The minimum atomic E-state index is -3.62. The highest BCUT2D eigenvalue weighted by Gasteiger charge is 2.23. The Morgan fingerprint density at radius 1 is 1.32 bits per heavy atom. The van der Waals surface area contributed by atoms with E-state index in [1.165, 1.54) is 6.07 Å². The molecule has 108 valence electrons. The van der Waals surface area contributed by atoms with Gasteiger partial charge in [0.1, 0.15) is 4.90 Å². The third kappa shape index (κ3) is 4.49. The summed E-state index contributed by atoms with van der Waals surface area (Å²) in [6, 6.07) is 6.15. The highest BCUT2D eigenvalue weighted by Crippen LogP contribution is 2.18. The minimum absolute atomic E-state index is 0.108. The van der Waals surface area contributed by atoms with Crippen LogP contribution in [0.5, 0.6) is 0 Å². The number of sulfonamides is 1. The summed E-state index contributed by atoms with van der Waals surface area (Å²) in [5.41, 5.74) is 5.95. The zero-order chi connectivity index (χ0) is 14.5. The van der Waals surface area contributed by atoms with E-state index in [9.17, 15) is 8.42 Å². The molecule has 0 saturated carbocycles. The van der Waals surface area contributed by atoms with Crippen LogP contribution in [0, 0.1) is 5.92 Å². The van der Waals surface area contributed by atoms with Crippen LogP contribution in [0.3, 0.4) is 0 Å². The van der Waals surface area contributed by atoms with Crippen molar-refractivity contribution in [3.8, 4) is 0 Å². The predicted octanol–water partition coefficient (Wildman–Crippen LogP) is 1.61. The highest BCUT2D eigenvalue weighted by atomic mass is 32.2. The monoisotopic (exact) mass is 286 g/mol. The Hall–Kier alpha value is -1.11. The first kappa shape index (κ1) is 15.9. The molecule has 0 fully saturated rings. The van der Waals surface area contributed by atoms with Crippen molar-refractivity contribution in [3.63, 3.8) is 0 Å². The van der Waals surface area contributed by atoms with Crippen LogP contribution in [0.2, 0.25) is 0 Å². The molecule has 0 aliphatic heterocycles. The van der Waals surface area contributed by atoms with Crippen LogP contribution in [-0.4, -0.2) is 27.7 Å². The summed E-state index contributed by atoms with van der Waals surface area (Å²) in [5, 5.41) is 0. The number of hydrogen-bond donors (Lipinski definition) is 2. The largest absolute Gasteiger partial charge is 0.398 e. The maximum atomic E-state index is 12.3. The molecule has 5 nitrogen and oxygen atoms in total. The van der Waals surface area contributed by atoms with Gasteiger partial charge in [-0.2, -0.15) is 0 Å². The molecule has 0 aliphatic rings. The molecule has 0 saturated heterocycles. The van der Waals surface area contributed by atoms with E-state index >= 15 is 0 Å². The van der Waals surface area contributed by atoms with E-state index in [1.807, 2.05) is 20.8 Å². The van der Waals surface area contributed by atoms with E-state index in [2.05, 4.69) is 4.72 Å². The predicted molar refractivity (Wildman–Crippen MR) is 76.3 cm³/mol. The zero-order valence-corrected chi connectivity index (χ0v) is 12.4. The number of ether oxygens (including phenoxy) is 1. The van der Waals surface area contributed by atoms with Gasteiger partial charge in [0.2, 0.25) is 10.0 Å². The lowest BCUT2D eigenvalue weighted by molar-refractivity contribution is 0.116. The maximum absolute atomic E-state index is 12.3. The first-order valence-electron chi connectivity index (χ1n) is 6.33. The van der Waals surface area contributed by atoms with Gasteiger partial charge in [0.15, 0.2) is 0 Å². The van der Waals surface area contributed by atoms with E-state index in [4.69, 9.17) is 10.5 Å². The topological polar surface area (TPSA) is 81.4 Å². The van der Waals surface area contributed by atoms with Gasteiger partial charge in [0.25, 0.3) is 0 Å². The first-order chi connectivity index (χ1) is 8.88. The first-order valence-corrected chi connectivity index (χ1v) is 7.81. The summed E-state index contributed by atoms with van der Waals surface area (Å²) >= 11 is 0. The Bertz CT molecular complexity index is 500. The Balaban J connectivity index is 2.91. The van der Waals surface area contributed by atoms with Gasteiger partial charge in [0.05, 0.1) is 12.3 Å². The third-order valence-corrected chi connectivity index (χ3v) is 4.39. The van der Waals surface area contributed by atoms with Crippen LogP contribution in [0.4, 0.5) is 5.69 Å². The van der Waals surface area contributed by atoms with Crippen molar-refractivity contribution in [2.24, 2.45) is 5.92 Å². The summed E-state index contributed by atoms with van der Waals surface area (Å²) in [5.74, 6) is 0.131. The van der Waals surface area contributed by atoms with Crippen LogP contribution in [0.15, 0.2) is 29.2 Å². The van der Waals surface area contributed by atoms with Crippen LogP contribution in [0.1, 0.15) is 20.8 Å². The van der Waals surface area contributed by atoms with E-state index < -0.39 is 10.0 Å². The Labute approximate surface area is 115 Å². The number of benzene rings is 1. The SMILES string of the molecule is CCOCC(NS(=O)(=O)c1ccccc1N)C(C)C. The number of hydrogen-bond acceptors (Lipinski definition) is 4. The quantitative estimate of drug-likeness (QED) is 0.746.